The highest BCUT2D eigenvalue weighted by Crippen LogP contribution is 2.34. The van der Waals surface area contributed by atoms with Crippen LogP contribution in [0.3, 0.4) is 0 Å². The molecule has 5 heteroatoms. The lowest BCUT2D eigenvalue weighted by Crippen LogP contribution is -2.15. The fraction of sp³-hybridized carbons (Fsp3) is 0.231. The molecule has 0 saturated carbocycles. The van der Waals surface area contributed by atoms with E-state index >= 15 is 0 Å². The van der Waals surface area contributed by atoms with Crippen LogP contribution in [-0.2, 0) is 0 Å². The molecule has 0 atom stereocenters. The zero-order chi connectivity index (χ0) is 12.5. The van der Waals surface area contributed by atoms with Gasteiger partial charge in [0.1, 0.15) is 5.69 Å². The van der Waals surface area contributed by atoms with Crippen molar-refractivity contribution >= 4 is 17.7 Å². The largest absolute Gasteiger partial charge is 0.475 e. The average Bonchev–Trinajstić information content (AvgIpc) is 2.77. The van der Waals surface area contributed by atoms with Gasteiger partial charge in [0.15, 0.2) is 0 Å². The Morgan fingerprint density at radius 3 is 2.56 bits per heavy atom. The maximum atomic E-state index is 10.7. The summed E-state index contributed by atoms with van der Waals surface area (Å²) in [5.74, 6) is 1.80. The van der Waals surface area contributed by atoms with Crippen LogP contribution >= 0.6 is 11.8 Å². The highest BCUT2D eigenvalue weighted by molar-refractivity contribution is 8.00. The van der Waals surface area contributed by atoms with Gasteiger partial charge in [-0.2, -0.15) is 11.8 Å². The number of aromatic carboxylic acids is 1. The van der Waals surface area contributed by atoms with Crippen molar-refractivity contribution in [3.8, 4) is 11.3 Å². The quantitative estimate of drug-likeness (QED) is 0.920. The lowest BCUT2D eigenvalue weighted by molar-refractivity contribution is 0.0652. The van der Waals surface area contributed by atoms with E-state index in [0.29, 0.717) is 11.6 Å². The summed E-state index contributed by atoms with van der Waals surface area (Å²) in [5.41, 5.74) is 2.77. The van der Waals surface area contributed by atoms with Gasteiger partial charge in [0.05, 0.1) is 0 Å². The number of nitrogens with zero attached hydrogens (tertiary/aromatic N) is 1. The molecule has 18 heavy (non-hydrogen) atoms. The first-order valence-corrected chi connectivity index (χ1v) is 6.77. The summed E-state index contributed by atoms with van der Waals surface area (Å²) >= 11 is 1.95. The van der Waals surface area contributed by atoms with Crippen molar-refractivity contribution < 1.29 is 14.4 Å². The van der Waals surface area contributed by atoms with E-state index in [-0.39, 0.29) is 5.76 Å². The van der Waals surface area contributed by atoms with Gasteiger partial charge in [-0.3, -0.25) is 0 Å². The number of rotatable bonds is 3. The highest BCUT2D eigenvalue weighted by atomic mass is 32.2. The third-order valence-electron chi connectivity index (χ3n) is 3.04. The molecule has 2 aromatic rings. The average molecular weight is 261 g/mol. The molecule has 0 radical (unpaired) electrons. The standard InChI is InChI=1S/C13H11NO3S/c15-13(16)12-5-11(14-17-12)9-3-1-8(2-4-9)10-6-18-7-10/h1-5,10H,6-7H2,(H,15,16). The van der Waals surface area contributed by atoms with Crippen LogP contribution in [0, 0.1) is 0 Å². The Labute approximate surface area is 108 Å². The number of carboxylic acids is 1. The molecule has 0 spiro atoms. The minimum atomic E-state index is -1.10. The van der Waals surface area contributed by atoms with Crippen molar-refractivity contribution in [1.29, 1.82) is 0 Å². The lowest BCUT2D eigenvalue weighted by Gasteiger charge is -2.25. The number of benzene rings is 1. The minimum absolute atomic E-state index is 0.135. The highest BCUT2D eigenvalue weighted by Gasteiger charge is 2.20. The zero-order valence-electron chi connectivity index (χ0n) is 9.50. The number of carboxylic acid groups (broad SMARTS) is 1. The first kappa shape index (κ1) is 11.3. The van der Waals surface area contributed by atoms with E-state index in [1.165, 1.54) is 23.1 Å². The lowest BCUT2D eigenvalue weighted by atomic mass is 10.00. The van der Waals surface area contributed by atoms with Crippen molar-refractivity contribution in [3.05, 3.63) is 41.7 Å². The molecule has 0 amide bonds. The van der Waals surface area contributed by atoms with Gasteiger partial charge in [-0.1, -0.05) is 29.4 Å². The Morgan fingerprint density at radius 2 is 2.06 bits per heavy atom. The van der Waals surface area contributed by atoms with Gasteiger partial charge in [0, 0.05) is 29.1 Å². The summed E-state index contributed by atoms with van der Waals surface area (Å²) in [6, 6.07) is 9.52. The summed E-state index contributed by atoms with van der Waals surface area (Å²) in [4.78, 5) is 10.7. The maximum Gasteiger partial charge on any atom is 0.374 e. The molecule has 92 valence electrons. The van der Waals surface area contributed by atoms with Gasteiger partial charge >= 0.3 is 5.97 Å². The summed E-state index contributed by atoms with van der Waals surface area (Å²) in [5, 5.41) is 12.5. The number of thioether (sulfide) groups is 1. The molecular weight excluding hydrogens is 250 g/mol. The SMILES string of the molecule is O=C(O)c1cc(-c2ccc(C3CSC3)cc2)no1. The number of hydrogen-bond acceptors (Lipinski definition) is 4. The topological polar surface area (TPSA) is 63.3 Å². The monoisotopic (exact) mass is 261 g/mol. The second kappa shape index (κ2) is 4.49. The van der Waals surface area contributed by atoms with E-state index in [9.17, 15) is 4.79 Å². The molecule has 1 N–H and O–H groups in total. The molecule has 1 aliphatic heterocycles. The molecule has 1 fully saturated rings. The normalized spacial score (nSPS) is 15.3. The molecule has 0 aliphatic carbocycles. The van der Waals surface area contributed by atoms with E-state index in [1.54, 1.807) is 0 Å². The second-order valence-electron chi connectivity index (χ2n) is 4.24. The van der Waals surface area contributed by atoms with Crippen molar-refractivity contribution in [1.82, 2.24) is 5.16 Å². The first-order valence-electron chi connectivity index (χ1n) is 5.62. The van der Waals surface area contributed by atoms with E-state index in [4.69, 9.17) is 9.63 Å². The second-order valence-corrected chi connectivity index (χ2v) is 5.31. The Bertz CT molecular complexity index is 572. The van der Waals surface area contributed by atoms with Crippen LogP contribution in [0.5, 0.6) is 0 Å². The molecule has 0 bridgehead atoms. The van der Waals surface area contributed by atoms with E-state index in [0.717, 1.165) is 5.56 Å². The molecule has 1 aliphatic rings. The van der Waals surface area contributed by atoms with E-state index in [1.807, 2.05) is 23.9 Å². The fourth-order valence-corrected chi connectivity index (χ4v) is 2.72. The van der Waals surface area contributed by atoms with Gasteiger partial charge < -0.3 is 9.63 Å². The zero-order valence-corrected chi connectivity index (χ0v) is 10.3. The summed E-state index contributed by atoms with van der Waals surface area (Å²) in [6.07, 6.45) is 0. The number of aromatic nitrogens is 1. The Kier molecular flexibility index (Phi) is 2.83. The third-order valence-corrected chi connectivity index (χ3v) is 4.31. The maximum absolute atomic E-state index is 10.7. The molecule has 4 nitrogen and oxygen atoms in total. The van der Waals surface area contributed by atoms with Crippen LogP contribution in [0.25, 0.3) is 11.3 Å². The third kappa shape index (κ3) is 2.01. The molecule has 1 saturated heterocycles. The van der Waals surface area contributed by atoms with Crippen LogP contribution in [0.1, 0.15) is 22.0 Å². The number of hydrogen-bond donors (Lipinski definition) is 1. The summed E-state index contributed by atoms with van der Waals surface area (Å²) < 4.78 is 4.74. The Balaban J connectivity index is 1.84. The summed E-state index contributed by atoms with van der Waals surface area (Å²) in [6.45, 7) is 0. The van der Waals surface area contributed by atoms with E-state index in [2.05, 4.69) is 17.3 Å². The van der Waals surface area contributed by atoms with Gasteiger partial charge in [-0.05, 0) is 5.56 Å². The minimum Gasteiger partial charge on any atom is -0.475 e. The van der Waals surface area contributed by atoms with Gasteiger partial charge in [-0.15, -0.1) is 0 Å². The van der Waals surface area contributed by atoms with Crippen molar-refractivity contribution in [2.75, 3.05) is 11.5 Å². The predicted octanol–water partition coefficient (Wildman–Crippen LogP) is 2.87. The smallest absolute Gasteiger partial charge is 0.374 e. The fourth-order valence-electron chi connectivity index (χ4n) is 1.87. The van der Waals surface area contributed by atoms with Crippen LogP contribution in [0.2, 0.25) is 0 Å². The Hall–Kier alpha value is -1.75. The summed E-state index contributed by atoms with van der Waals surface area (Å²) in [7, 11) is 0. The molecule has 3 rings (SSSR count). The van der Waals surface area contributed by atoms with Gasteiger partial charge in [0.25, 0.3) is 0 Å². The first-order chi connectivity index (χ1) is 8.74. The van der Waals surface area contributed by atoms with E-state index < -0.39 is 5.97 Å². The van der Waals surface area contributed by atoms with Gasteiger partial charge in [-0.25, -0.2) is 4.79 Å². The van der Waals surface area contributed by atoms with Crippen LogP contribution in [-0.4, -0.2) is 27.7 Å². The van der Waals surface area contributed by atoms with Crippen LogP contribution in [0.15, 0.2) is 34.9 Å². The van der Waals surface area contributed by atoms with Crippen LogP contribution in [0.4, 0.5) is 0 Å². The Morgan fingerprint density at radius 1 is 1.33 bits per heavy atom. The molecule has 2 heterocycles. The molecule has 1 aromatic heterocycles. The predicted molar refractivity (Wildman–Crippen MR) is 69.0 cm³/mol. The molecule has 1 aromatic carbocycles. The van der Waals surface area contributed by atoms with Crippen molar-refractivity contribution in [2.24, 2.45) is 0 Å². The van der Waals surface area contributed by atoms with Crippen molar-refractivity contribution in [2.45, 2.75) is 5.92 Å². The number of carbonyl (C=O) groups is 1. The van der Waals surface area contributed by atoms with Crippen molar-refractivity contribution in [3.63, 3.8) is 0 Å². The molecule has 0 unspecified atom stereocenters. The van der Waals surface area contributed by atoms with Gasteiger partial charge in [0.2, 0.25) is 5.76 Å². The molecular formula is C13H11NO3S. The van der Waals surface area contributed by atoms with Crippen LogP contribution < -0.4 is 0 Å².